The standard InChI is InChI=1S/C13H18BrNO/c1-16-13-8-7-10(14)9-12(13)15-11-5-3-2-4-6-11/h7-9,11,15H,2-6H2,1H3. The monoisotopic (exact) mass is 283 g/mol. The van der Waals surface area contributed by atoms with Crippen molar-refractivity contribution in [3.63, 3.8) is 0 Å². The molecule has 1 aliphatic rings. The summed E-state index contributed by atoms with van der Waals surface area (Å²) in [7, 11) is 1.72. The van der Waals surface area contributed by atoms with Gasteiger partial charge >= 0.3 is 0 Å². The molecule has 1 saturated carbocycles. The van der Waals surface area contributed by atoms with Gasteiger partial charge in [0.1, 0.15) is 5.75 Å². The topological polar surface area (TPSA) is 21.3 Å². The number of halogens is 1. The zero-order chi connectivity index (χ0) is 11.4. The lowest BCUT2D eigenvalue weighted by atomic mass is 9.95. The Morgan fingerprint density at radius 1 is 1.25 bits per heavy atom. The number of hydrogen-bond acceptors (Lipinski definition) is 2. The summed E-state index contributed by atoms with van der Waals surface area (Å²) in [5.41, 5.74) is 1.10. The van der Waals surface area contributed by atoms with E-state index in [4.69, 9.17) is 4.74 Å². The number of benzene rings is 1. The Morgan fingerprint density at radius 3 is 2.69 bits per heavy atom. The van der Waals surface area contributed by atoms with Crippen molar-refractivity contribution < 1.29 is 4.74 Å². The van der Waals surface area contributed by atoms with E-state index in [9.17, 15) is 0 Å². The van der Waals surface area contributed by atoms with Crippen molar-refractivity contribution in [2.24, 2.45) is 0 Å². The van der Waals surface area contributed by atoms with Crippen molar-refractivity contribution in [2.45, 2.75) is 38.1 Å². The van der Waals surface area contributed by atoms with Crippen LogP contribution >= 0.6 is 15.9 Å². The van der Waals surface area contributed by atoms with Crippen molar-refractivity contribution >= 4 is 21.6 Å². The Bertz CT molecular complexity index is 348. The van der Waals surface area contributed by atoms with E-state index < -0.39 is 0 Å². The zero-order valence-electron chi connectivity index (χ0n) is 9.63. The molecule has 0 saturated heterocycles. The largest absolute Gasteiger partial charge is 0.495 e. The molecule has 0 unspecified atom stereocenters. The highest BCUT2D eigenvalue weighted by molar-refractivity contribution is 9.10. The molecule has 1 aromatic rings. The van der Waals surface area contributed by atoms with Crippen LogP contribution in [-0.4, -0.2) is 13.2 Å². The molecule has 1 fully saturated rings. The van der Waals surface area contributed by atoms with E-state index in [1.54, 1.807) is 7.11 Å². The van der Waals surface area contributed by atoms with Gasteiger partial charge in [-0.05, 0) is 31.0 Å². The molecule has 2 nitrogen and oxygen atoms in total. The molecule has 1 aromatic carbocycles. The minimum Gasteiger partial charge on any atom is -0.495 e. The van der Waals surface area contributed by atoms with Gasteiger partial charge in [-0.2, -0.15) is 0 Å². The second-order valence-electron chi connectivity index (χ2n) is 4.32. The Morgan fingerprint density at radius 2 is 2.00 bits per heavy atom. The van der Waals surface area contributed by atoms with Gasteiger partial charge in [-0.25, -0.2) is 0 Å². The van der Waals surface area contributed by atoms with Crippen LogP contribution < -0.4 is 10.1 Å². The number of hydrogen-bond donors (Lipinski definition) is 1. The van der Waals surface area contributed by atoms with Crippen LogP contribution in [0.1, 0.15) is 32.1 Å². The minimum atomic E-state index is 0.608. The summed E-state index contributed by atoms with van der Waals surface area (Å²) < 4.78 is 6.45. The summed E-state index contributed by atoms with van der Waals surface area (Å²) in [5, 5.41) is 3.59. The van der Waals surface area contributed by atoms with Crippen LogP contribution in [0.15, 0.2) is 22.7 Å². The predicted molar refractivity (Wildman–Crippen MR) is 71.2 cm³/mol. The molecular weight excluding hydrogens is 266 g/mol. The van der Waals surface area contributed by atoms with Gasteiger partial charge in [0.05, 0.1) is 12.8 Å². The molecule has 0 atom stereocenters. The van der Waals surface area contributed by atoms with Gasteiger partial charge in [0.25, 0.3) is 0 Å². The van der Waals surface area contributed by atoms with Gasteiger partial charge in [-0.3, -0.25) is 0 Å². The lowest BCUT2D eigenvalue weighted by molar-refractivity contribution is 0.413. The summed E-state index contributed by atoms with van der Waals surface area (Å²) in [6.45, 7) is 0. The fourth-order valence-corrected chi connectivity index (χ4v) is 2.62. The highest BCUT2D eigenvalue weighted by Crippen LogP contribution is 2.30. The van der Waals surface area contributed by atoms with Gasteiger partial charge in [-0.15, -0.1) is 0 Å². The average molecular weight is 284 g/mol. The molecule has 0 aromatic heterocycles. The second kappa shape index (κ2) is 5.58. The average Bonchev–Trinajstić information content (AvgIpc) is 2.31. The van der Waals surface area contributed by atoms with Crippen molar-refractivity contribution in [3.8, 4) is 5.75 Å². The molecular formula is C13H18BrNO. The molecule has 0 bridgehead atoms. The Hall–Kier alpha value is -0.700. The summed E-state index contributed by atoms with van der Waals surface area (Å²) in [4.78, 5) is 0. The molecule has 0 spiro atoms. The van der Waals surface area contributed by atoms with Gasteiger partial charge in [0, 0.05) is 10.5 Å². The van der Waals surface area contributed by atoms with Crippen molar-refractivity contribution in [2.75, 3.05) is 12.4 Å². The number of ether oxygens (including phenoxy) is 1. The summed E-state index contributed by atoms with van der Waals surface area (Å²) in [6.07, 6.45) is 6.61. The minimum absolute atomic E-state index is 0.608. The van der Waals surface area contributed by atoms with Crippen LogP contribution in [-0.2, 0) is 0 Å². The highest BCUT2D eigenvalue weighted by Gasteiger charge is 2.14. The first kappa shape index (κ1) is 11.8. The van der Waals surface area contributed by atoms with Crippen LogP contribution in [0.3, 0.4) is 0 Å². The van der Waals surface area contributed by atoms with E-state index in [-0.39, 0.29) is 0 Å². The fourth-order valence-electron chi connectivity index (χ4n) is 2.26. The van der Waals surface area contributed by atoms with Crippen LogP contribution in [0, 0.1) is 0 Å². The van der Waals surface area contributed by atoms with Crippen LogP contribution in [0.25, 0.3) is 0 Å². The first-order valence-corrected chi connectivity index (χ1v) is 6.69. The normalized spacial score (nSPS) is 17.1. The molecule has 1 aliphatic carbocycles. The van der Waals surface area contributed by atoms with Gasteiger partial charge in [-0.1, -0.05) is 35.2 Å². The number of nitrogens with one attached hydrogen (secondary N) is 1. The second-order valence-corrected chi connectivity index (χ2v) is 5.24. The molecule has 2 rings (SSSR count). The Labute approximate surface area is 106 Å². The van der Waals surface area contributed by atoms with E-state index in [0.717, 1.165) is 15.9 Å². The van der Waals surface area contributed by atoms with Crippen molar-refractivity contribution in [1.82, 2.24) is 0 Å². The SMILES string of the molecule is COc1ccc(Br)cc1NC1CCCCC1. The third-order valence-electron chi connectivity index (χ3n) is 3.13. The number of rotatable bonds is 3. The van der Waals surface area contributed by atoms with Gasteiger partial charge in [0.15, 0.2) is 0 Å². The maximum Gasteiger partial charge on any atom is 0.142 e. The molecule has 0 heterocycles. The van der Waals surface area contributed by atoms with E-state index in [1.165, 1.54) is 32.1 Å². The molecule has 3 heteroatoms. The highest BCUT2D eigenvalue weighted by atomic mass is 79.9. The zero-order valence-corrected chi connectivity index (χ0v) is 11.2. The Kier molecular flexibility index (Phi) is 4.10. The third kappa shape index (κ3) is 2.91. The van der Waals surface area contributed by atoms with Crippen LogP contribution in [0.4, 0.5) is 5.69 Å². The summed E-state index contributed by atoms with van der Waals surface area (Å²) in [5.74, 6) is 0.925. The molecule has 88 valence electrons. The smallest absolute Gasteiger partial charge is 0.142 e. The maximum absolute atomic E-state index is 5.36. The maximum atomic E-state index is 5.36. The molecule has 0 radical (unpaired) electrons. The van der Waals surface area contributed by atoms with Crippen LogP contribution in [0.5, 0.6) is 5.75 Å². The van der Waals surface area contributed by atoms with Gasteiger partial charge in [0.2, 0.25) is 0 Å². The summed E-state index contributed by atoms with van der Waals surface area (Å²) in [6, 6.07) is 6.70. The van der Waals surface area contributed by atoms with E-state index in [2.05, 4.69) is 27.3 Å². The van der Waals surface area contributed by atoms with E-state index in [0.29, 0.717) is 6.04 Å². The van der Waals surface area contributed by atoms with Crippen molar-refractivity contribution in [3.05, 3.63) is 22.7 Å². The quantitative estimate of drug-likeness (QED) is 0.898. The molecule has 16 heavy (non-hydrogen) atoms. The lowest BCUT2D eigenvalue weighted by Crippen LogP contribution is -2.22. The molecule has 0 aliphatic heterocycles. The van der Waals surface area contributed by atoms with E-state index >= 15 is 0 Å². The van der Waals surface area contributed by atoms with Crippen LogP contribution in [0.2, 0.25) is 0 Å². The first-order chi connectivity index (χ1) is 7.79. The van der Waals surface area contributed by atoms with Gasteiger partial charge < -0.3 is 10.1 Å². The van der Waals surface area contributed by atoms with E-state index in [1.807, 2.05) is 12.1 Å². The summed E-state index contributed by atoms with van der Waals surface area (Å²) >= 11 is 3.49. The Balaban J connectivity index is 2.09. The number of anilines is 1. The lowest BCUT2D eigenvalue weighted by Gasteiger charge is -2.24. The molecule has 1 N–H and O–H groups in total. The molecule has 0 amide bonds. The predicted octanol–water partition coefficient (Wildman–Crippen LogP) is 4.20. The first-order valence-electron chi connectivity index (χ1n) is 5.89. The third-order valence-corrected chi connectivity index (χ3v) is 3.62. The van der Waals surface area contributed by atoms with Crippen molar-refractivity contribution in [1.29, 1.82) is 0 Å². The number of methoxy groups -OCH3 is 1. The fraction of sp³-hybridized carbons (Fsp3) is 0.538.